The van der Waals surface area contributed by atoms with E-state index in [9.17, 15) is 0 Å². The largest absolute Gasteiger partial charge is 0.335 e. The minimum atomic E-state index is 0.400. The number of thioether (sulfide) groups is 1. The van der Waals surface area contributed by atoms with E-state index in [4.69, 9.17) is 5.26 Å². The van der Waals surface area contributed by atoms with Gasteiger partial charge in [-0.25, -0.2) is 0 Å². The first kappa shape index (κ1) is 13.0. The second kappa shape index (κ2) is 5.45. The molecule has 1 aromatic rings. The number of hydrogen-bond acceptors (Lipinski definition) is 4. The summed E-state index contributed by atoms with van der Waals surface area (Å²) in [7, 11) is 0. The van der Waals surface area contributed by atoms with E-state index in [0.717, 1.165) is 22.2 Å². The predicted molar refractivity (Wildman–Crippen MR) is 78.0 cm³/mol. The van der Waals surface area contributed by atoms with Crippen molar-refractivity contribution in [2.75, 3.05) is 11.1 Å². The fraction of sp³-hybridized carbons (Fsp3) is 0.429. The summed E-state index contributed by atoms with van der Waals surface area (Å²) in [5.74, 6) is 1.61. The van der Waals surface area contributed by atoms with Gasteiger partial charge in [0.2, 0.25) is 0 Å². The van der Waals surface area contributed by atoms with Crippen molar-refractivity contribution in [1.29, 1.82) is 5.26 Å². The lowest BCUT2D eigenvalue weighted by Gasteiger charge is -2.09. The molecule has 0 bridgehead atoms. The molecule has 1 N–H and O–H groups in total. The van der Waals surface area contributed by atoms with Gasteiger partial charge in [-0.15, -0.1) is 0 Å². The molecule has 1 unspecified atom stereocenters. The van der Waals surface area contributed by atoms with Crippen LogP contribution in [0.1, 0.15) is 25.0 Å². The van der Waals surface area contributed by atoms with E-state index < -0.39 is 0 Å². The molecule has 3 nitrogen and oxygen atoms in total. The number of rotatable bonds is 2. The second-order valence-electron chi connectivity index (χ2n) is 4.82. The minimum absolute atomic E-state index is 0.400. The molecule has 0 fully saturated rings. The molecule has 0 spiro atoms. The zero-order valence-electron chi connectivity index (χ0n) is 10.9. The van der Waals surface area contributed by atoms with Crippen molar-refractivity contribution in [1.82, 2.24) is 0 Å². The van der Waals surface area contributed by atoms with E-state index in [1.54, 1.807) is 11.8 Å². The van der Waals surface area contributed by atoms with Crippen LogP contribution in [0, 0.1) is 24.2 Å². The fourth-order valence-electron chi connectivity index (χ4n) is 1.74. The topological polar surface area (TPSA) is 48.2 Å². The van der Waals surface area contributed by atoms with Crippen molar-refractivity contribution in [2.24, 2.45) is 10.9 Å². The fourth-order valence-corrected chi connectivity index (χ4v) is 2.92. The Morgan fingerprint density at radius 3 is 2.89 bits per heavy atom. The van der Waals surface area contributed by atoms with Crippen molar-refractivity contribution >= 4 is 22.6 Å². The first-order valence-corrected chi connectivity index (χ1v) is 7.07. The van der Waals surface area contributed by atoms with Crippen molar-refractivity contribution in [2.45, 2.75) is 26.8 Å². The third-order valence-electron chi connectivity index (χ3n) is 3.05. The van der Waals surface area contributed by atoms with Crippen LogP contribution in [0.4, 0.5) is 5.69 Å². The smallest absolute Gasteiger partial charge is 0.161 e. The Bertz CT molecular complexity index is 514. The minimum Gasteiger partial charge on any atom is -0.335 e. The van der Waals surface area contributed by atoms with Gasteiger partial charge in [-0.3, -0.25) is 4.99 Å². The predicted octanol–water partition coefficient (Wildman–Crippen LogP) is 3.41. The molecule has 94 valence electrons. The number of benzene rings is 1. The molecule has 0 saturated heterocycles. The Balaban J connectivity index is 2.16. The first-order chi connectivity index (χ1) is 8.60. The van der Waals surface area contributed by atoms with E-state index >= 15 is 0 Å². The van der Waals surface area contributed by atoms with Crippen molar-refractivity contribution in [3.05, 3.63) is 29.3 Å². The van der Waals surface area contributed by atoms with Crippen LogP contribution in [0.25, 0.3) is 0 Å². The van der Waals surface area contributed by atoms with E-state index in [1.807, 2.05) is 25.1 Å². The van der Waals surface area contributed by atoms with Gasteiger partial charge in [-0.05, 0) is 30.5 Å². The molecule has 18 heavy (non-hydrogen) atoms. The van der Waals surface area contributed by atoms with Crippen LogP contribution in [0.3, 0.4) is 0 Å². The zero-order valence-corrected chi connectivity index (χ0v) is 11.7. The van der Waals surface area contributed by atoms with Crippen LogP contribution in [0.15, 0.2) is 23.2 Å². The van der Waals surface area contributed by atoms with Gasteiger partial charge in [0, 0.05) is 11.4 Å². The summed E-state index contributed by atoms with van der Waals surface area (Å²) in [5, 5.41) is 13.2. The molecule has 2 rings (SSSR count). The molecule has 0 aromatic heterocycles. The molecule has 0 radical (unpaired) electrons. The molecular weight excluding hydrogens is 242 g/mol. The summed E-state index contributed by atoms with van der Waals surface area (Å²) < 4.78 is 0. The normalized spacial score (nSPS) is 18.6. The van der Waals surface area contributed by atoms with Gasteiger partial charge in [0.15, 0.2) is 5.17 Å². The summed E-state index contributed by atoms with van der Waals surface area (Å²) in [6.07, 6.45) is 0. The van der Waals surface area contributed by atoms with Gasteiger partial charge >= 0.3 is 0 Å². The van der Waals surface area contributed by atoms with Crippen LogP contribution in [0.5, 0.6) is 0 Å². The van der Waals surface area contributed by atoms with Gasteiger partial charge in [-0.1, -0.05) is 31.7 Å². The van der Waals surface area contributed by atoms with Gasteiger partial charge < -0.3 is 5.32 Å². The number of aryl methyl sites for hydroxylation is 1. The summed E-state index contributed by atoms with van der Waals surface area (Å²) >= 11 is 1.75. The Morgan fingerprint density at radius 2 is 2.28 bits per heavy atom. The number of aliphatic imine (C=N–C) groups is 1. The molecule has 1 aromatic carbocycles. The summed E-state index contributed by atoms with van der Waals surface area (Å²) in [6, 6.07) is 8.23. The maximum atomic E-state index is 8.92. The van der Waals surface area contributed by atoms with Crippen LogP contribution in [0.2, 0.25) is 0 Å². The highest BCUT2D eigenvalue weighted by Gasteiger charge is 2.21. The van der Waals surface area contributed by atoms with Crippen LogP contribution in [-0.4, -0.2) is 17.0 Å². The van der Waals surface area contributed by atoms with E-state index in [0.29, 0.717) is 17.5 Å². The van der Waals surface area contributed by atoms with Crippen LogP contribution in [-0.2, 0) is 0 Å². The second-order valence-corrected chi connectivity index (χ2v) is 5.83. The number of nitrogens with zero attached hydrogens (tertiary/aromatic N) is 2. The van der Waals surface area contributed by atoms with Crippen molar-refractivity contribution in [3.8, 4) is 6.07 Å². The van der Waals surface area contributed by atoms with E-state index in [-0.39, 0.29) is 0 Å². The molecular formula is C14H17N3S. The summed E-state index contributed by atoms with van der Waals surface area (Å²) in [6.45, 7) is 6.42. The van der Waals surface area contributed by atoms with Gasteiger partial charge in [0.05, 0.1) is 17.7 Å². The Morgan fingerprint density at radius 1 is 1.50 bits per heavy atom. The number of anilines is 1. The standard InChI is InChI=1S/C14H17N3S/c1-9(2)13-8-18-14(17-13)16-12-6-11(7-15)5-4-10(12)3/h4-6,9,13H,8H2,1-3H3,(H,16,17). The lowest BCUT2D eigenvalue weighted by molar-refractivity contribution is 0.543. The third-order valence-corrected chi connectivity index (χ3v) is 4.04. The monoisotopic (exact) mass is 259 g/mol. The summed E-state index contributed by atoms with van der Waals surface area (Å²) in [5.41, 5.74) is 2.78. The molecule has 0 aliphatic carbocycles. The average molecular weight is 259 g/mol. The molecule has 4 heteroatoms. The molecule has 1 aliphatic heterocycles. The lowest BCUT2D eigenvalue weighted by Crippen LogP contribution is -2.12. The number of amidine groups is 1. The van der Waals surface area contributed by atoms with Gasteiger partial charge in [-0.2, -0.15) is 5.26 Å². The van der Waals surface area contributed by atoms with Gasteiger partial charge in [0.25, 0.3) is 0 Å². The quantitative estimate of drug-likeness (QED) is 0.885. The third kappa shape index (κ3) is 2.85. The van der Waals surface area contributed by atoms with E-state index in [1.165, 1.54) is 0 Å². The Hall–Kier alpha value is -1.47. The zero-order chi connectivity index (χ0) is 13.1. The van der Waals surface area contributed by atoms with Gasteiger partial charge in [0.1, 0.15) is 0 Å². The first-order valence-electron chi connectivity index (χ1n) is 6.08. The van der Waals surface area contributed by atoms with Crippen LogP contribution < -0.4 is 5.32 Å². The average Bonchev–Trinajstić information content (AvgIpc) is 2.81. The highest BCUT2D eigenvalue weighted by Crippen LogP contribution is 2.26. The molecule has 0 amide bonds. The lowest BCUT2D eigenvalue weighted by atomic mass is 10.1. The molecule has 0 saturated carbocycles. The number of nitriles is 1. The molecule has 1 aliphatic rings. The molecule has 1 heterocycles. The number of hydrogen-bond donors (Lipinski definition) is 1. The van der Waals surface area contributed by atoms with Crippen LogP contribution >= 0.6 is 11.8 Å². The van der Waals surface area contributed by atoms with Crippen molar-refractivity contribution < 1.29 is 0 Å². The van der Waals surface area contributed by atoms with E-state index in [2.05, 4.69) is 30.2 Å². The maximum absolute atomic E-state index is 8.92. The maximum Gasteiger partial charge on any atom is 0.161 e. The number of nitrogens with one attached hydrogen (secondary N) is 1. The highest BCUT2D eigenvalue weighted by atomic mass is 32.2. The Kier molecular flexibility index (Phi) is 3.93. The molecule has 1 atom stereocenters. The Labute approximate surface area is 112 Å². The summed E-state index contributed by atoms with van der Waals surface area (Å²) in [4.78, 5) is 4.67. The SMILES string of the molecule is Cc1ccc(C#N)cc1NC1=NC(C(C)C)CS1. The van der Waals surface area contributed by atoms with Crippen molar-refractivity contribution in [3.63, 3.8) is 0 Å². The highest BCUT2D eigenvalue weighted by molar-refractivity contribution is 8.14.